The molecule has 0 saturated heterocycles. The van der Waals surface area contributed by atoms with Gasteiger partial charge in [-0.15, -0.1) is 0 Å². The molecule has 0 aliphatic heterocycles. The van der Waals surface area contributed by atoms with Gasteiger partial charge in [-0.1, -0.05) is 13.0 Å². The summed E-state index contributed by atoms with van der Waals surface area (Å²) >= 11 is 0. The Morgan fingerprint density at radius 1 is 1.57 bits per heavy atom. The second-order valence-corrected chi connectivity index (χ2v) is 4.91. The molecule has 78 valence electrons. The van der Waals surface area contributed by atoms with Gasteiger partial charge < -0.3 is 5.73 Å². The quantitative estimate of drug-likeness (QED) is 0.789. The Kier molecular flexibility index (Phi) is 4.76. The maximum Gasteiger partial charge on any atom is 0.0658 e. The third-order valence-electron chi connectivity index (χ3n) is 1.91. The summed E-state index contributed by atoms with van der Waals surface area (Å²) in [7, 11) is -0.843. The highest BCUT2D eigenvalue weighted by atomic mass is 32.2. The third kappa shape index (κ3) is 3.98. The topological polar surface area (TPSA) is 56.0 Å². The Labute approximate surface area is 87.2 Å². The number of hydrogen-bond acceptors (Lipinski definition) is 3. The summed E-state index contributed by atoms with van der Waals surface area (Å²) in [5.74, 6) is 1.51. The van der Waals surface area contributed by atoms with Gasteiger partial charge in [-0.25, -0.2) is 0 Å². The Morgan fingerprint density at radius 2 is 2.36 bits per heavy atom. The van der Waals surface area contributed by atoms with Crippen molar-refractivity contribution >= 4 is 10.8 Å². The van der Waals surface area contributed by atoms with E-state index in [0.29, 0.717) is 24.0 Å². The number of rotatable bonds is 5. The molecule has 0 aromatic carbocycles. The van der Waals surface area contributed by atoms with Crippen LogP contribution < -0.4 is 5.73 Å². The molecule has 0 bridgehead atoms. The molecule has 14 heavy (non-hydrogen) atoms. The van der Waals surface area contributed by atoms with Gasteiger partial charge in [0.1, 0.15) is 0 Å². The van der Waals surface area contributed by atoms with Crippen molar-refractivity contribution in [3.05, 3.63) is 30.1 Å². The van der Waals surface area contributed by atoms with Crippen molar-refractivity contribution in [2.75, 3.05) is 12.3 Å². The molecule has 1 aromatic heterocycles. The summed E-state index contributed by atoms with van der Waals surface area (Å²) in [5.41, 5.74) is 6.35. The van der Waals surface area contributed by atoms with Crippen molar-refractivity contribution in [3.63, 3.8) is 0 Å². The van der Waals surface area contributed by atoms with Gasteiger partial charge in [0.15, 0.2) is 0 Å². The number of nitrogens with two attached hydrogens (primary N) is 1. The number of nitrogens with zero attached hydrogens (tertiary/aromatic N) is 1. The lowest BCUT2D eigenvalue weighted by atomic mass is 10.2. The fourth-order valence-electron chi connectivity index (χ4n) is 1.09. The van der Waals surface area contributed by atoms with Crippen LogP contribution in [0, 0.1) is 5.92 Å². The summed E-state index contributed by atoms with van der Waals surface area (Å²) < 4.78 is 11.6. The molecule has 0 saturated carbocycles. The van der Waals surface area contributed by atoms with Gasteiger partial charge in [0, 0.05) is 22.7 Å². The number of hydrogen-bond donors (Lipinski definition) is 1. The van der Waals surface area contributed by atoms with Crippen LogP contribution >= 0.6 is 0 Å². The maximum absolute atomic E-state index is 11.6. The van der Waals surface area contributed by atoms with Gasteiger partial charge in [0.25, 0.3) is 0 Å². The molecule has 4 heteroatoms. The van der Waals surface area contributed by atoms with Crippen LogP contribution in [-0.4, -0.2) is 21.5 Å². The van der Waals surface area contributed by atoms with E-state index < -0.39 is 10.8 Å². The molecule has 1 rings (SSSR count). The van der Waals surface area contributed by atoms with E-state index in [0.717, 1.165) is 5.69 Å². The molecule has 2 N–H and O–H groups in total. The molecule has 2 atom stereocenters. The van der Waals surface area contributed by atoms with Gasteiger partial charge in [0.2, 0.25) is 0 Å². The molecule has 2 unspecified atom stereocenters. The normalized spacial score (nSPS) is 15.0. The third-order valence-corrected chi connectivity index (χ3v) is 3.47. The first-order chi connectivity index (χ1) is 6.72. The van der Waals surface area contributed by atoms with Crippen LogP contribution in [0.5, 0.6) is 0 Å². The summed E-state index contributed by atoms with van der Waals surface area (Å²) in [6, 6.07) is 5.66. The predicted octanol–water partition coefficient (Wildman–Crippen LogP) is 0.925. The lowest BCUT2D eigenvalue weighted by Gasteiger charge is -2.07. The average Bonchev–Trinajstić information content (AvgIpc) is 2.19. The van der Waals surface area contributed by atoms with Crippen molar-refractivity contribution in [2.45, 2.75) is 12.7 Å². The summed E-state index contributed by atoms with van der Waals surface area (Å²) in [6.07, 6.45) is 1.72. The first kappa shape index (κ1) is 11.3. The van der Waals surface area contributed by atoms with Crippen LogP contribution in [0.25, 0.3) is 0 Å². The Bertz CT molecular complexity index is 289. The van der Waals surface area contributed by atoms with Crippen molar-refractivity contribution < 1.29 is 4.21 Å². The van der Waals surface area contributed by atoms with Crippen LogP contribution in [0.2, 0.25) is 0 Å². The first-order valence-corrected chi connectivity index (χ1v) is 6.16. The summed E-state index contributed by atoms with van der Waals surface area (Å²) in [5, 5.41) is 0. The van der Waals surface area contributed by atoms with E-state index in [4.69, 9.17) is 5.73 Å². The smallest absolute Gasteiger partial charge is 0.0658 e. The molecule has 1 aromatic rings. The highest BCUT2D eigenvalue weighted by molar-refractivity contribution is 7.84. The van der Waals surface area contributed by atoms with Crippen molar-refractivity contribution in [1.29, 1.82) is 0 Å². The van der Waals surface area contributed by atoms with Crippen molar-refractivity contribution in [3.8, 4) is 0 Å². The molecular weight excluding hydrogens is 196 g/mol. The van der Waals surface area contributed by atoms with Gasteiger partial charge >= 0.3 is 0 Å². The monoisotopic (exact) mass is 212 g/mol. The first-order valence-electron chi connectivity index (χ1n) is 4.67. The van der Waals surface area contributed by atoms with Crippen LogP contribution in [0.15, 0.2) is 24.4 Å². The van der Waals surface area contributed by atoms with Gasteiger partial charge in [-0.2, -0.15) is 0 Å². The highest BCUT2D eigenvalue weighted by Crippen LogP contribution is 2.03. The Balaban J connectivity index is 2.42. The van der Waals surface area contributed by atoms with Gasteiger partial charge in [-0.3, -0.25) is 9.19 Å². The Hall–Kier alpha value is -0.740. The van der Waals surface area contributed by atoms with E-state index in [9.17, 15) is 4.21 Å². The van der Waals surface area contributed by atoms with Crippen LogP contribution in [-0.2, 0) is 16.6 Å². The van der Waals surface area contributed by atoms with E-state index in [2.05, 4.69) is 4.98 Å². The summed E-state index contributed by atoms with van der Waals surface area (Å²) in [4.78, 5) is 4.13. The lowest BCUT2D eigenvalue weighted by Crippen LogP contribution is -2.18. The highest BCUT2D eigenvalue weighted by Gasteiger charge is 2.07. The molecule has 0 fully saturated rings. The molecule has 0 radical (unpaired) electrons. The fourth-order valence-corrected chi connectivity index (χ4v) is 2.48. The average molecular weight is 212 g/mol. The molecule has 3 nitrogen and oxygen atoms in total. The second-order valence-electron chi connectivity index (χ2n) is 3.41. The van der Waals surface area contributed by atoms with E-state index in [1.54, 1.807) is 6.20 Å². The fraction of sp³-hybridized carbons (Fsp3) is 0.500. The van der Waals surface area contributed by atoms with E-state index >= 15 is 0 Å². The largest absolute Gasteiger partial charge is 0.330 e. The Morgan fingerprint density at radius 3 is 2.93 bits per heavy atom. The minimum atomic E-state index is -0.843. The van der Waals surface area contributed by atoms with Gasteiger partial charge in [0.05, 0.1) is 11.4 Å². The van der Waals surface area contributed by atoms with Crippen LogP contribution in [0.4, 0.5) is 0 Å². The van der Waals surface area contributed by atoms with E-state index in [1.165, 1.54) is 0 Å². The molecule has 0 spiro atoms. The standard InChI is InChI=1S/C10H16N2OS/c1-9(6-11)7-14(13)8-10-4-2-3-5-12-10/h2-5,9H,6-8,11H2,1H3. The van der Waals surface area contributed by atoms with E-state index in [-0.39, 0.29) is 0 Å². The molecule has 0 aliphatic rings. The van der Waals surface area contributed by atoms with Crippen molar-refractivity contribution in [2.24, 2.45) is 11.7 Å². The predicted molar refractivity (Wildman–Crippen MR) is 59.2 cm³/mol. The zero-order valence-corrected chi connectivity index (χ0v) is 9.17. The van der Waals surface area contributed by atoms with Crippen molar-refractivity contribution in [1.82, 2.24) is 4.98 Å². The lowest BCUT2D eigenvalue weighted by molar-refractivity contribution is 0.640. The number of aromatic nitrogens is 1. The maximum atomic E-state index is 11.6. The zero-order chi connectivity index (χ0) is 10.4. The molecule has 0 amide bonds. The summed E-state index contributed by atoms with van der Waals surface area (Å²) in [6.45, 7) is 2.60. The molecular formula is C10H16N2OS. The van der Waals surface area contributed by atoms with Crippen LogP contribution in [0.3, 0.4) is 0 Å². The zero-order valence-electron chi connectivity index (χ0n) is 8.35. The van der Waals surface area contributed by atoms with E-state index in [1.807, 2.05) is 25.1 Å². The SMILES string of the molecule is CC(CN)CS(=O)Cc1ccccn1. The molecule has 0 aliphatic carbocycles. The van der Waals surface area contributed by atoms with Crippen LogP contribution in [0.1, 0.15) is 12.6 Å². The van der Waals surface area contributed by atoms with Gasteiger partial charge in [-0.05, 0) is 24.6 Å². The number of pyridine rings is 1. The minimum Gasteiger partial charge on any atom is -0.330 e. The minimum absolute atomic E-state index is 0.319. The second kappa shape index (κ2) is 5.88. The molecule has 1 heterocycles.